The van der Waals surface area contributed by atoms with Crippen molar-refractivity contribution in [3.63, 3.8) is 0 Å². The van der Waals surface area contributed by atoms with Gasteiger partial charge in [-0.15, -0.1) is 11.3 Å². The minimum absolute atomic E-state index is 0.0245. The van der Waals surface area contributed by atoms with E-state index >= 15 is 4.39 Å². The molecule has 1 saturated heterocycles. The second-order valence-corrected chi connectivity index (χ2v) is 10.3. The maximum atomic E-state index is 15.6. The van der Waals surface area contributed by atoms with Crippen LogP contribution in [0.5, 0.6) is 11.5 Å². The number of nitrogens with zero attached hydrogens (tertiary/aromatic N) is 2. The fourth-order valence-electron chi connectivity index (χ4n) is 6.65. The van der Waals surface area contributed by atoms with Crippen LogP contribution in [0, 0.1) is 29.0 Å². The van der Waals surface area contributed by atoms with Gasteiger partial charge in [0.1, 0.15) is 22.6 Å². The van der Waals surface area contributed by atoms with Crippen LogP contribution in [0.1, 0.15) is 12.1 Å². The van der Waals surface area contributed by atoms with E-state index in [4.69, 9.17) is 20.3 Å². The number of carbonyl (C=O) groups is 1. The third-order valence-corrected chi connectivity index (χ3v) is 9.02. The molecule has 0 amide bonds. The van der Waals surface area contributed by atoms with Gasteiger partial charge in [-0.2, -0.15) is 0 Å². The fraction of sp³-hybridized carbons (Fsp3) is 0.391. The van der Waals surface area contributed by atoms with E-state index in [2.05, 4.69) is 12.2 Å². The van der Waals surface area contributed by atoms with E-state index in [1.54, 1.807) is 9.78 Å². The first-order valence-corrected chi connectivity index (χ1v) is 11.8. The van der Waals surface area contributed by atoms with E-state index in [1.165, 1.54) is 17.4 Å². The Bertz CT molecular complexity index is 1480. The Labute approximate surface area is 190 Å². The molecule has 4 aliphatic rings. The molecule has 7 rings (SSSR count). The Balaban J connectivity index is 1.43. The Morgan fingerprint density at radius 3 is 3.06 bits per heavy atom. The maximum Gasteiger partial charge on any atom is 0.511 e. The van der Waals surface area contributed by atoms with E-state index in [0.717, 1.165) is 12.1 Å². The van der Waals surface area contributed by atoms with Crippen molar-refractivity contribution >= 4 is 38.9 Å². The highest BCUT2D eigenvalue weighted by molar-refractivity contribution is 7.16. The number of hydrogen-bond donors (Lipinski definition) is 2. The number of carboxylic acid groups (broad SMARTS) is 1. The number of halogens is 1. The lowest BCUT2D eigenvalue weighted by Crippen LogP contribution is -2.36. The molecule has 3 aromatic rings. The third kappa shape index (κ3) is 2.32. The molecule has 4 atom stereocenters. The Morgan fingerprint density at radius 2 is 2.27 bits per heavy atom. The molecule has 2 bridgehead atoms. The number of aromatic nitrogens is 1. The second-order valence-electron chi connectivity index (χ2n) is 9.45. The molecule has 33 heavy (non-hydrogen) atoms. The number of fused-ring (bicyclic) bond motifs is 5. The van der Waals surface area contributed by atoms with Crippen molar-refractivity contribution in [1.82, 2.24) is 4.40 Å². The quantitative estimate of drug-likeness (QED) is 0.448. The van der Waals surface area contributed by atoms with E-state index in [0.29, 0.717) is 59.2 Å². The first-order chi connectivity index (χ1) is 15.9. The van der Waals surface area contributed by atoms with Crippen LogP contribution in [0.2, 0.25) is 0 Å². The molecule has 10 heteroatoms. The molecule has 3 N–H and O–H groups in total. The van der Waals surface area contributed by atoms with Gasteiger partial charge in [0.25, 0.3) is 0 Å². The first-order valence-electron chi connectivity index (χ1n) is 10.9. The highest BCUT2D eigenvalue weighted by Crippen LogP contribution is 2.60. The first kappa shape index (κ1) is 19.4. The summed E-state index contributed by atoms with van der Waals surface area (Å²) in [6, 6.07) is 1.19. The average molecular weight is 469 g/mol. The van der Waals surface area contributed by atoms with Gasteiger partial charge in [-0.25, -0.2) is 9.18 Å². The molecule has 2 aliphatic heterocycles. The Morgan fingerprint density at radius 1 is 1.42 bits per heavy atom. The predicted molar refractivity (Wildman–Crippen MR) is 120 cm³/mol. The number of thiazole rings is 1. The molecule has 1 saturated carbocycles. The molecule has 4 unspecified atom stereocenters. The van der Waals surface area contributed by atoms with Gasteiger partial charge in [0, 0.05) is 30.4 Å². The highest BCUT2D eigenvalue weighted by Gasteiger charge is 2.57. The summed E-state index contributed by atoms with van der Waals surface area (Å²) < 4.78 is 28.3. The van der Waals surface area contributed by atoms with Gasteiger partial charge < -0.3 is 25.2 Å². The zero-order valence-electron chi connectivity index (χ0n) is 17.4. The maximum absolute atomic E-state index is 15.6. The second kappa shape index (κ2) is 6.27. The smallest absolute Gasteiger partial charge is 0.483 e. The summed E-state index contributed by atoms with van der Waals surface area (Å²) in [5.74, 6) is 0.681. The van der Waals surface area contributed by atoms with Crippen LogP contribution in [0.3, 0.4) is 0 Å². The van der Waals surface area contributed by atoms with Crippen molar-refractivity contribution in [1.29, 1.82) is 0 Å². The number of benzene rings is 1. The van der Waals surface area contributed by atoms with Crippen molar-refractivity contribution in [3.8, 4) is 11.5 Å². The van der Waals surface area contributed by atoms with Crippen molar-refractivity contribution in [2.24, 2.45) is 28.9 Å². The van der Waals surface area contributed by atoms with E-state index in [-0.39, 0.29) is 23.2 Å². The molecule has 8 nitrogen and oxygen atoms in total. The molecule has 170 valence electrons. The van der Waals surface area contributed by atoms with Crippen molar-refractivity contribution < 1.29 is 23.8 Å². The van der Waals surface area contributed by atoms with Gasteiger partial charge in [-0.1, -0.05) is 12.2 Å². The molecule has 2 aliphatic carbocycles. The predicted octanol–water partition coefficient (Wildman–Crippen LogP) is 3.19. The summed E-state index contributed by atoms with van der Waals surface area (Å²) in [7, 11) is 0. The third-order valence-electron chi connectivity index (χ3n) is 8.04. The zero-order chi connectivity index (χ0) is 22.6. The standard InChI is InChI=1S/C23H20FN3O5S/c24-15-3-12-16-19(17(15)26-5-13-10-1-2-23(4-10,9-25)14(13)6-26)31-7-11-8-33-21(27(11)16)20(18(12)28)32-22(29)30/h1-3,8,10,13-14H,4-7,9,25H2,(H,29,30). The largest absolute Gasteiger partial charge is 0.511 e. The summed E-state index contributed by atoms with van der Waals surface area (Å²) in [5, 5.41) is 11.0. The van der Waals surface area contributed by atoms with Crippen LogP contribution < -0.4 is 25.5 Å². The van der Waals surface area contributed by atoms with Crippen LogP contribution in [-0.2, 0) is 6.61 Å². The molecule has 0 spiro atoms. The molecule has 2 fully saturated rings. The molecular formula is C23H20FN3O5S. The number of nitrogens with two attached hydrogens (primary N) is 1. The Hall–Kier alpha value is -3.11. The molecule has 2 aromatic heterocycles. The summed E-state index contributed by atoms with van der Waals surface area (Å²) in [4.78, 5) is 26.7. The topological polar surface area (TPSA) is 106 Å². The van der Waals surface area contributed by atoms with E-state index in [1.807, 2.05) is 4.90 Å². The van der Waals surface area contributed by atoms with Crippen molar-refractivity contribution in [3.05, 3.63) is 45.3 Å². The van der Waals surface area contributed by atoms with Crippen molar-refractivity contribution in [2.45, 2.75) is 13.0 Å². The summed E-state index contributed by atoms with van der Waals surface area (Å²) in [5.41, 5.74) is 7.05. The SMILES string of the molecule is NCC12C=CC(C1)C1CN(c3c(F)cc4c(=O)c(OC(=O)O)c5scc6n5c4c3OC6)CC12. The lowest BCUT2D eigenvalue weighted by molar-refractivity contribution is 0.144. The van der Waals surface area contributed by atoms with E-state index in [9.17, 15) is 9.59 Å². The average Bonchev–Trinajstić information content (AvgIpc) is 3.55. The summed E-state index contributed by atoms with van der Waals surface area (Å²) >= 11 is 1.20. The summed E-state index contributed by atoms with van der Waals surface area (Å²) in [6.07, 6.45) is 4.00. The minimum atomic E-state index is -1.59. The van der Waals surface area contributed by atoms with Crippen LogP contribution in [0.4, 0.5) is 14.9 Å². The normalized spacial score (nSPS) is 28.8. The molecular weight excluding hydrogens is 449 g/mol. The van der Waals surface area contributed by atoms with Crippen LogP contribution in [0.25, 0.3) is 15.7 Å². The lowest BCUT2D eigenvalue weighted by atomic mass is 9.75. The zero-order valence-corrected chi connectivity index (χ0v) is 18.2. The van der Waals surface area contributed by atoms with E-state index < -0.39 is 17.4 Å². The number of allylic oxidation sites excluding steroid dienone is 1. The van der Waals surface area contributed by atoms with Gasteiger partial charge in [0.2, 0.25) is 11.2 Å². The Kier molecular flexibility index (Phi) is 3.68. The van der Waals surface area contributed by atoms with Crippen LogP contribution in [0.15, 0.2) is 28.4 Å². The number of ether oxygens (including phenoxy) is 2. The molecule has 1 aromatic carbocycles. The monoisotopic (exact) mass is 469 g/mol. The van der Waals surface area contributed by atoms with Crippen LogP contribution in [-0.4, -0.2) is 35.3 Å². The van der Waals surface area contributed by atoms with Crippen LogP contribution >= 0.6 is 11.3 Å². The number of anilines is 1. The number of rotatable bonds is 3. The summed E-state index contributed by atoms with van der Waals surface area (Å²) in [6.45, 7) is 2.15. The van der Waals surface area contributed by atoms with Gasteiger partial charge >= 0.3 is 6.16 Å². The van der Waals surface area contributed by atoms with Crippen molar-refractivity contribution in [2.75, 3.05) is 24.5 Å². The minimum Gasteiger partial charge on any atom is -0.483 e. The van der Waals surface area contributed by atoms with Gasteiger partial charge in [0.15, 0.2) is 11.6 Å². The van der Waals surface area contributed by atoms with Gasteiger partial charge in [-0.05, 0) is 30.2 Å². The number of pyridine rings is 1. The van der Waals surface area contributed by atoms with Gasteiger partial charge in [-0.3, -0.25) is 9.20 Å². The highest BCUT2D eigenvalue weighted by atomic mass is 32.1. The number of hydrogen-bond acceptors (Lipinski definition) is 7. The lowest BCUT2D eigenvalue weighted by Gasteiger charge is -2.31. The fourth-order valence-corrected chi connectivity index (χ4v) is 7.63. The van der Waals surface area contributed by atoms with Gasteiger partial charge in [0.05, 0.1) is 11.1 Å². The molecule has 0 radical (unpaired) electrons. The molecule has 4 heterocycles.